The minimum Gasteiger partial charge on any atom is -0.322 e. The molecule has 0 saturated carbocycles. The Kier molecular flexibility index (Phi) is 5.31. The molecular formula is C15H22N2O3S. The topological polar surface area (TPSA) is 75.3 Å². The van der Waals surface area contributed by atoms with Crippen molar-refractivity contribution in [2.24, 2.45) is 5.41 Å². The zero-order chi connectivity index (χ0) is 16.3. The van der Waals surface area contributed by atoms with Crippen molar-refractivity contribution in [2.45, 2.75) is 32.6 Å². The van der Waals surface area contributed by atoms with Crippen LogP contribution < -0.4 is 10.0 Å². The molecule has 116 valence electrons. The average molecular weight is 310 g/mol. The Hall–Kier alpha value is -1.66. The molecule has 5 nitrogen and oxygen atoms in total. The summed E-state index contributed by atoms with van der Waals surface area (Å²) in [6.45, 7) is 7.95. The summed E-state index contributed by atoms with van der Waals surface area (Å²) in [6.07, 6.45) is 1.53. The first-order valence-corrected chi connectivity index (χ1v) is 8.08. The van der Waals surface area contributed by atoms with Crippen LogP contribution in [0, 0.1) is 5.41 Å². The Morgan fingerprint density at radius 3 is 2.38 bits per heavy atom. The van der Waals surface area contributed by atoms with Crippen LogP contribution in [0.4, 0.5) is 5.69 Å². The summed E-state index contributed by atoms with van der Waals surface area (Å²) >= 11 is 0. The van der Waals surface area contributed by atoms with Gasteiger partial charge in [0.1, 0.15) is 0 Å². The summed E-state index contributed by atoms with van der Waals surface area (Å²) in [7, 11) is -2.18. The highest BCUT2D eigenvalue weighted by molar-refractivity contribution is 7.89. The Morgan fingerprint density at radius 1 is 1.24 bits per heavy atom. The first-order chi connectivity index (χ1) is 9.56. The molecule has 21 heavy (non-hydrogen) atoms. The molecule has 0 saturated heterocycles. The van der Waals surface area contributed by atoms with Crippen molar-refractivity contribution in [1.29, 1.82) is 0 Å². The van der Waals surface area contributed by atoms with E-state index in [0.29, 0.717) is 5.69 Å². The molecule has 1 aromatic rings. The molecule has 2 N–H and O–H groups in total. The van der Waals surface area contributed by atoms with Crippen LogP contribution in [0.2, 0.25) is 0 Å². The number of hydrogen-bond acceptors (Lipinski definition) is 3. The van der Waals surface area contributed by atoms with Crippen LogP contribution in [-0.2, 0) is 14.8 Å². The van der Waals surface area contributed by atoms with Gasteiger partial charge in [0, 0.05) is 11.8 Å². The lowest BCUT2D eigenvalue weighted by Gasteiger charge is -2.19. The van der Waals surface area contributed by atoms with E-state index in [0.717, 1.165) is 5.57 Å². The minimum atomic E-state index is -3.52. The van der Waals surface area contributed by atoms with Gasteiger partial charge in [0.05, 0.1) is 4.90 Å². The Bertz CT molecular complexity index is 656. The van der Waals surface area contributed by atoms with Crippen LogP contribution >= 0.6 is 0 Å². The van der Waals surface area contributed by atoms with Crippen molar-refractivity contribution in [3.63, 3.8) is 0 Å². The molecule has 0 radical (unpaired) electrons. The fourth-order valence-corrected chi connectivity index (χ4v) is 2.23. The van der Waals surface area contributed by atoms with Gasteiger partial charge in [0.15, 0.2) is 0 Å². The van der Waals surface area contributed by atoms with E-state index in [9.17, 15) is 13.2 Å². The average Bonchev–Trinajstić information content (AvgIpc) is 2.37. The summed E-state index contributed by atoms with van der Waals surface area (Å²) < 4.78 is 25.7. The second kappa shape index (κ2) is 6.41. The number of carbonyl (C=O) groups is 1. The lowest BCUT2D eigenvalue weighted by atomic mass is 9.87. The fraction of sp³-hybridized carbons (Fsp3) is 0.400. The maximum absolute atomic E-state index is 11.9. The summed E-state index contributed by atoms with van der Waals surface area (Å²) in [4.78, 5) is 12.1. The van der Waals surface area contributed by atoms with Gasteiger partial charge in [-0.3, -0.25) is 4.79 Å². The molecule has 0 heterocycles. The minimum absolute atomic E-state index is 0.0886. The number of rotatable bonds is 4. The van der Waals surface area contributed by atoms with Crippen LogP contribution in [0.5, 0.6) is 0 Å². The molecule has 1 rings (SSSR count). The first kappa shape index (κ1) is 17.4. The maximum atomic E-state index is 11.9. The molecule has 0 spiro atoms. The SMILES string of the molecule is CNS(=O)(=O)c1cccc(NC(=O)/C=C(\C)C(C)(C)C)c1. The number of allylic oxidation sites excluding steroid dienone is 1. The van der Waals surface area contributed by atoms with Gasteiger partial charge in [0.2, 0.25) is 15.9 Å². The molecular weight excluding hydrogens is 288 g/mol. The summed E-state index contributed by atoms with van der Waals surface area (Å²) in [5.41, 5.74) is 1.29. The normalized spacial score (nSPS) is 13.1. The third kappa shape index (κ3) is 4.99. The lowest BCUT2D eigenvalue weighted by molar-refractivity contribution is -0.112. The molecule has 0 fully saturated rings. The molecule has 0 aliphatic rings. The predicted molar refractivity (Wildman–Crippen MR) is 84.5 cm³/mol. The molecule has 0 unspecified atom stereocenters. The second-order valence-corrected chi connectivity index (χ2v) is 7.69. The van der Waals surface area contributed by atoms with E-state index in [1.165, 1.54) is 25.3 Å². The number of carbonyl (C=O) groups excluding carboxylic acids is 1. The van der Waals surface area contributed by atoms with E-state index >= 15 is 0 Å². The van der Waals surface area contributed by atoms with Crippen molar-refractivity contribution in [1.82, 2.24) is 4.72 Å². The number of hydrogen-bond donors (Lipinski definition) is 2. The molecule has 0 aliphatic heterocycles. The summed E-state index contributed by atoms with van der Waals surface area (Å²) in [5.74, 6) is -0.276. The smallest absolute Gasteiger partial charge is 0.248 e. The van der Waals surface area contributed by atoms with Crippen molar-refractivity contribution >= 4 is 21.6 Å². The monoisotopic (exact) mass is 310 g/mol. The molecule has 0 atom stereocenters. The molecule has 1 amide bonds. The van der Waals surface area contributed by atoms with E-state index in [2.05, 4.69) is 10.0 Å². The predicted octanol–water partition coefficient (Wildman–Crippen LogP) is 2.53. The largest absolute Gasteiger partial charge is 0.322 e. The highest BCUT2D eigenvalue weighted by atomic mass is 32.2. The Morgan fingerprint density at radius 2 is 1.86 bits per heavy atom. The molecule has 0 aliphatic carbocycles. The second-order valence-electron chi connectivity index (χ2n) is 5.80. The number of benzene rings is 1. The van der Waals surface area contributed by atoms with Gasteiger partial charge in [-0.25, -0.2) is 13.1 Å². The molecule has 0 bridgehead atoms. The zero-order valence-electron chi connectivity index (χ0n) is 13.0. The van der Waals surface area contributed by atoms with E-state index in [1.807, 2.05) is 27.7 Å². The summed E-state index contributed by atoms with van der Waals surface area (Å²) in [5, 5.41) is 2.67. The van der Waals surface area contributed by atoms with Gasteiger partial charge in [-0.05, 0) is 37.6 Å². The van der Waals surface area contributed by atoms with Crippen LogP contribution in [0.25, 0.3) is 0 Å². The van der Waals surface area contributed by atoms with Crippen molar-refractivity contribution < 1.29 is 13.2 Å². The first-order valence-electron chi connectivity index (χ1n) is 6.59. The Balaban J connectivity index is 2.96. The highest BCUT2D eigenvalue weighted by Gasteiger charge is 2.15. The van der Waals surface area contributed by atoms with Gasteiger partial charge in [-0.1, -0.05) is 32.4 Å². The molecule has 6 heteroatoms. The van der Waals surface area contributed by atoms with E-state index in [1.54, 1.807) is 12.1 Å². The third-order valence-electron chi connectivity index (χ3n) is 3.21. The van der Waals surface area contributed by atoms with Crippen LogP contribution in [0.1, 0.15) is 27.7 Å². The number of sulfonamides is 1. The summed E-state index contributed by atoms with van der Waals surface area (Å²) in [6, 6.07) is 6.12. The number of amides is 1. The van der Waals surface area contributed by atoms with Crippen LogP contribution in [0.15, 0.2) is 40.8 Å². The lowest BCUT2D eigenvalue weighted by Crippen LogP contribution is -2.19. The van der Waals surface area contributed by atoms with Gasteiger partial charge >= 0.3 is 0 Å². The van der Waals surface area contributed by atoms with E-state index < -0.39 is 10.0 Å². The van der Waals surface area contributed by atoms with Crippen molar-refractivity contribution in [3.8, 4) is 0 Å². The number of anilines is 1. The zero-order valence-corrected chi connectivity index (χ0v) is 13.8. The van der Waals surface area contributed by atoms with Gasteiger partial charge in [-0.2, -0.15) is 0 Å². The van der Waals surface area contributed by atoms with Gasteiger partial charge < -0.3 is 5.32 Å². The van der Waals surface area contributed by atoms with Gasteiger partial charge in [0.25, 0.3) is 0 Å². The van der Waals surface area contributed by atoms with Gasteiger partial charge in [-0.15, -0.1) is 0 Å². The van der Waals surface area contributed by atoms with Crippen molar-refractivity contribution in [2.75, 3.05) is 12.4 Å². The van der Waals surface area contributed by atoms with Crippen LogP contribution in [-0.4, -0.2) is 21.4 Å². The maximum Gasteiger partial charge on any atom is 0.248 e. The van der Waals surface area contributed by atoms with E-state index in [-0.39, 0.29) is 16.2 Å². The molecule has 0 aromatic heterocycles. The van der Waals surface area contributed by atoms with Crippen LogP contribution in [0.3, 0.4) is 0 Å². The standard InChI is InChI=1S/C15H22N2O3S/c1-11(15(2,3)4)9-14(18)17-12-7-6-8-13(10-12)21(19,20)16-5/h6-10,16H,1-5H3,(H,17,18)/b11-9+. The molecule has 1 aromatic carbocycles. The van der Waals surface area contributed by atoms with Crippen molar-refractivity contribution in [3.05, 3.63) is 35.9 Å². The quantitative estimate of drug-likeness (QED) is 0.839. The fourth-order valence-electron chi connectivity index (χ4n) is 1.45. The third-order valence-corrected chi connectivity index (χ3v) is 4.62. The number of nitrogens with one attached hydrogen (secondary N) is 2. The highest BCUT2D eigenvalue weighted by Crippen LogP contribution is 2.24. The Labute approximate surface area is 126 Å². The van der Waals surface area contributed by atoms with E-state index in [4.69, 9.17) is 0 Å².